The Morgan fingerprint density at radius 3 is 2.19 bits per heavy atom. The van der Waals surface area contributed by atoms with Gasteiger partial charge in [0.25, 0.3) is 0 Å². The van der Waals surface area contributed by atoms with E-state index in [0.29, 0.717) is 5.88 Å². The molecule has 0 unspecified atom stereocenters. The fraction of sp³-hybridized carbons (Fsp3) is 1.00. The van der Waals surface area contributed by atoms with Crippen LogP contribution in [0.15, 0.2) is 0 Å². The topological polar surface area (TPSA) is 46.2 Å². The molecule has 3 nitrogen and oxygen atoms in total. The maximum atomic E-state index is 12.2. The fourth-order valence-electron chi connectivity index (χ4n) is 2.63. The number of rotatable bonds is 4. The predicted octanol–water partition coefficient (Wildman–Crippen LogP) is 2.40. The number of alkyl halides is 1. The molecule has 0 atom stereocenters. The lowest BCUT2D eigenvalue weighted by Crippen LogP contribution is -2.57. The lowest BCUT2D eigenvalue weighted by Gasteiger charge is -2.41. The molecule has 0 aromatic rings. The van der Waals surface area contributed by atoms with Crippen molar-refractivity contribution >= 4 is 21.6 Å². The quantitative estimate of drug-likeness (QED) is 0.794. The Labute approximate surface area is 103 Å². The summed E-state index contributed by atoms with van der Waals surface area (Å²) >= 11 is 5.88. The first-order chi connectivity index (χ1) is 7.58. The predicted molar refractivity (Wildman–Crippen MR) is 66.2 cm³/mol. The van der Waals surface area contributed by atoms with Gasteiger partial charge in [0, 0.05) is 11.4 Å². The molecule has 2 aliphatic rings. The molecule has 2 aliphatic carbocycles. The molecule has 1 N–H and O–H groups in total. The molecule has 5 heteroatoms. The van der Waals surface area contributed by atoms with Gasteiger partial charge in [-0.2, -0.15) is 0 Å². The highest BCUT2D eigenvalue weighted by molar-refractivity contribution is 7.90. The second-order valence-corrected chi connectivity index (χ2v) is 7.40. The molecule has 0 amide bonds. The van der Waals surface area contributed by atoms with Crippen molar-refractivity contribution < 1.29 is 8.42 Å². The fourth-order valence-corrected chi connectivity index (χ4v) is 5.04. The molecule has 0 radical (unpaired) electrons. The Hall–Kier alpha value is 0.200. The second-order valence-electron chi connectivity index (χ2n) is 5.17. The molecule has 2 saturated carbocycles. The van der Waals surface area contributed by atoms with E-state index in [9.17, 15) is 8.42 Å². The first kappa shape index (κ1) is 12.7. The SMILES string of the molecule is O=S(=O)(NC1(CCl)CCC1)C1CCCCC1. The normalized spacial score (nSPS) is 26.3. The molecule has 0 bridgehead atoms. The minimum Gasteiger partial charge on any atom is -0.212 e. The van der Waals surface area contributed by atoms with E-state index in [1.165, 1.54) is 6.42 Å². The van der Waals surface area contributed by atoms with E-state index in [1.807, 2.05) is 0 Å². The van der Waals surface area contributed by atoms with Gasteiger partial charge in [-0.25, -0.2) is 13.1 Å². The van der Waals surface area contributed by atoms with E-state index in [1.54, 1.807) is 0 Å². The van der Waals surface area contributed by atoms with Crippen LogP contribution in [0.3, 0.4) is 0 Å². The lowest BCUT2D eigenvalue weighted by molar-refractivity contribution is 0.250. The van der Waals surface area contributed by atoms with E-state index in [0.717, 1.165) is 44.9 Å². The van der Waals surface area contributed by atoms with Crippen LogP contribution < -0.4 is 4.72 Å². The van der Waals surface area contributed by atoms with Crippen molar-refractivity contribution in [3.05, 3.63) is 0 Å². The lowest BCUT2D eigenvalue weighted by atomic mass is 9.79. The Balaban J connectivity index is 2.01. The van der Waals surface area contributed by atoms with E-state index in [4.69, 9.17) is 11.6 Å². The molecular weight excluding hydrogens is 246 g/mol. The van der Waals surface area contributed by atoms with E-state index < -0.39 is 10.0 Å². The number of hydrogen-bond acceptors (Lipinski definition) is 2. The van der Waals surface area contributed by atoms with E-state index in [-0.39, 0.29) is 10.8 Å². The van der Waals surface area contributed by atoms with Crippen molar-refractivity contribution in [2.45, 2.75) is 62.2 Å². The zero-order chi connectivity index (χ0) is 11.6. The van der Waals surface area contributed by atoms with Gasteiger partial charge < -0.3 is 0 Å². The molecule has 2 fully saturated rings. The summed E-state index contributed by atoms with van der Waals surface area (Å²) < 4.78 is 27.2. The molecule has 0 spiro atoms. The summed E-state index contributed by atoms with van der Waals surface area (Å²) in [5, 5.41) is -0.179. The molecule has 0 heterocycles. The molecular formula is C11H20ClNO2S. The van der Waals surface area contributed by atoms with Crippen LogP contribution in [0.1, 0.15) is 51.4 Å². The van der Waals surface area contributed by atoms with Crippen LogP contribution in [0.25, 0.3) is 0 Å². The molecule has 0 aromatic carbocycles. The number of nitrogens with one attached hydrogen (secondary N) is 1. The number of hydrogen-bond donors (Lipinski definition) is 1. The van der Waals surface area contributed by atoms with Crippen molar-refractivity contribution in [2.75, 3.05) is 5.88 Å². The van der Waals surface area contributed by atoms with Crippen LogP contribution >= 0.6 is 11.6 Å². The van der Waals surface area contributed by atoms with Crippen LogP contribution in [0.2, 0.25) is 0 Å². The summed E-state index contributed by atoms with van der Waals surface area (Å²) in [4.78, 5) is 0. The summed E-state index contributed by atoms with van der Waals surface area (Å²) in [5.41, 5.74) is -0.322. The standard InChI is InChI=1S/C11H20ClNO2S/c12-9-11(7-4-8-11)13-16(14,15)10-5-2-1-3-6-10/h10,13H,1-9H2. The third-order valence-electron chi connectivity index (χ3n) is 3.92. The maximum absolute atomic E-state index is 12.2. The van der Waals surface area contributed by atoms with Gasteiger partial charge in [-0.3, -0.25) is 0 Å². The zero-order valence-electron chi connectivity index (χ0n) is 9.54. The average Bonchev–Trinajstić information content (AvgIpc) is 2.25. The van der Waals surface area contributed by atoms with E-state index >= 15 is 0 Å². The smallest absolute Gasteiger partial charge is 0.212 e. The van der Waals surface area contributed by atoms with Gasteiger partial charge in [0.2, 0.25) is 10.0 Å². The van der Waals surface area contributed by atoms with Crippen LogP contribution in [0, 0.1) is 0 Å². The Morgan fingerprint density at radius 1 is 1.12 bits per heavy atom. The van der Waals surface area contributed by atoms with Crippen LogP contribution in [0.4, 0.5) is 0 Å². The highest BCUT2D eigenvalue weighted by Gasteiger charge is 2.41. The van der Waals surface area contributed by atoms with Crippen LogP contribution in [-0.4, -0.2) is 25.1 Å². The second kappa shape index (κ2) is 4.83. The van der Waals surface area contributed by atoms with Crippen molar-refractivity contribution in [2.24, 2.45) is 0 Å². The van der Waals surface area contributed by atoms with E-state index in [2.05, 4.69) is 4.72 Å². The van der Waals surface area contributed by atoms with Gasteiger partial charge in [-0.05, 0) is 32.1 Å². The van der Waals surface area contributed by atoms with Gasteiger partial charge in [-0.1, -0.05) is 19.3 Å². The summed E-state index contributed by atoms with van der Waals surface area (Å²) in [6.45, 7) is 0. The highest BCUT2D eigenvalue weighted by Crippen LogP contribution is 2.35. The molecule has 0 saturated heterocycles. The third-order valence-corrected chi connectivity index (χ3v) is 6.49. The Morgan fingerprint density at radius 2 is 1.75 bits per heavy atom. The van der Waals surface area contributed by atoms with Crippen molar-refractivity contribution in [3.63, 3.8) is 0 Å². The summed E-state index contributed by atoms with van der Waals surface area (Å²) in [5.74, 6) is 0.402. The molecule has 94 valence electrons. The zero-order valence-corrected chi connectivity index (χ0v) is 11.1. The number of sulfonamides is 1. The minimum atomic E-state index is -3.15. The van der Waals surface area contributed by atoms with Crippen molar-refractivity contribution in [1.29, 1.82) is 0 Å². The van der Waals surface area contributed by atoms with Crippen LogP contribution in [-0.2, 0) is 10.0 Å². The molecule has 2 rings (SSSR count). The van der Waals surface area contributed by atoms with Gasteiger partial charge in [0.05, 0.1) is 5.25 Å². The monoisotopic (exact) mass is 265 g/mol. The Kier molecular flexibility index (Phi) is 3.82. The first-order valence-corrected chi connectivity index (χ1v) is 8.25. The average molecular weight is 266 g/mol. The third kappa shape index (κ3) is 2.54. The summed E-state index contributed by atoms with van der Waals surface area (Å²) in [6, 6.07) is 0. The van der Waals surface area contributed by atoms with Gasteiger partial charge >= 0.3 is 0 Å². The summed E-state index contributed by atoms with van der Waals surface area (Å²) in [7, 11) is -3.15. The molecule has 0 aliphatic heterocycles. The van der Waals surface area contributed by atoms with Crippen LogP contribution in [0.5, 0.6) is 0 Å². The summed E-state index contributed by atoms with van der Waals surface area (Å²) in [6.07, 6.45) is 7.75. The van der Waals surface area contributed by atoms with Gasteiger partial charge in [0.1, 0.15) is 0 Å². The highest BCUT2D eigenvalue weighted by atomic mass is 35.5. The maximum Gasteiger partial charge on any atom is 0.215 e. The first-order valence-electron chi connectivity index (χ1n) is 6.17. The minimum absolute atomic E-state index is 0.179. The van der Waals surface area contributed by atoms with Gasteiger partial charge in [0.15, 0.2) is 0 Å². The molecule has 16 heavy (non-hydrogen) atoms. The van der Waals surface area contributed by atoms with Crippen molar-refractivity contribution in [1.82, 2.24) is 4.72 Å². The Bertz CT molecular complexity index is 326. The van der Waals surface area contributed by atoms with Crippen molar-refractivity contribution in [3.8, 4) is 0 Å². The largest absolute Gasteiger partial charge is 0.215 e. The molecule has 0 aromatic heterocycles. The van der Waals surface area contributed by atoms with Gasteiger partial charge in [-0.15, -0.1) is 11.6 Å². The number of halogens is 1.